The van der Waals surface area contributed by atoms with Gasteiger partial charge >= 0.3 is 17.9 Å². The van der Waals surface area contributed by atoms with E-state index in [0.29, 0.717) is 0 Å². The Morgan fingerprint density at radius 2 is 1.75 bits per heavy atom. The Morgan fingerprint density at radius 3 is 2.12 bits per heavy atom. The highest BCUT2D eigenvalue weighted by Gasteiger charge is 2.40. The second-order valence-corrected chi connectivity index (χ2v) is 2.95. The van der Waals surface area contributed by atoms with Gasteiger partial charge in [-0.3, -0.25) is 0 Å². The molecule has 16 heavy (non-hydrogen) atoms. The van der Waals surface area contributed by atoms with Crippen LogP contribution in [0.5, 0.6) is 0 Å². The van der Waals surface area contributed by atoms with Gasteiger partial charge in [0.15, 0.2) is 0 Å². The summed E-state index contributed by atoms with van der Waals surface area (Å²) < 4.78 is 30.3. The molecule has 0 spiro atoms. The quantitative estimate of drug-likeness (QED) is 0.802. The van der Waals surface area contributed by atoms with Gasteiger partial charge in [-0.2, -0.15) is 8.78 Å². The molecule has 1 rings (SSSR count). The Labute approximate surface area is 89.5 Å². The van der Waals surface area contributed by atoms with Crippen LogP contribution < -0.4 is 0 Å². The molecule has 0 heterocycles. The number of hydrogen-bond acceptors (Lipinski definition) is 3. The minimum Gasteiger partial charge on any atom is -0.477 e. The number of esters is 1. The monoisotopic (exact) mass is 230 g/mol. The highest BCUT2D eigenvalue weighted by atomic mass is 19.3. The van der Waals surface area contributed by atoms with Gasteiger partial charge in [0.2, 0.25) is 0 Å². The minimum atomic E-state index is -3.96. The van der Waals surface area contributed by atoms with Crippen LogP contribution in [-0.4, -0.2) is 24.2 Å². The van der Waals surface area contributed by atoms with E-state index in [4.69, 9.17) is 5.11 Å². The number of carbonyl (C=O) groups is 2. The lowest BCUT2D eigenvalue weighted by Gasteiger charge is -2.11. The summed E-state index contributed by atoms with van der Waals surface area (Å²) in [5.74, 6) is -6.88. The predicted octanol–water partition coefficient (Wildman–Crippen LogP) is 1.65. The first-order chi connectivity index (χ1) is 7.39. The topological polar surface area (TPSA) is 63.6 Å². The van der Waals surface area contributed by atoms with E-state index >= 15 is 0 Å². The van der Waals surface area contributed by atoms with Crippen molar-refractivity contribution in [3.05, 3.63) is 35.4 Å². The molecule has 1 aromatic carbocycles. The van der Waals surface area contributed by atoms with Gasteiger partial charge in [-0.25, -0.2) is 9.59 Å². The third-order valence-electron chi connectivity index (χ3n) is 1.94. The number of carbonyl (C=O) groups excluding carboxylic acids is 1. The maximum absolute atomic E-state index is 13.0. The maximum Gasteiger partial charge on any atom is 0.379 e. The smallest absolute Gasteiger partial charge is 0.379 e. The molecule has 0 saturated carbocycles. The number of alkyl halides is 2. The zero-order valence-corrected chi connectivity index (χ0v) is 8.24. The molecule has 1 aromatic rings. The van der Waals surface area contributed by atoms with E-state index < -0.39 is 23.4 Å². The summed E-state index contributed by atoms with van der Waals surface area (Å²) in [7, 11) is 1.15. The van der Waals surface area contributed by atoms with Crippen LogP contribution in [-0.2, 0) is 15.5 Å². The molecule has 86 valence electrons. The lowest BCUT2D eigenvalue weighted by Crippen LogP contribution is -2.25. The molecule has 0 aromatic heterocycles. The Morgan fingerprint density at radius 1 is 1.25 bits per heavy atom. The molecule has 0 radical (unpaired) electrons. The normalized spacial score (nSPS) is 10.9. The fourth-order valence-electron chi connectivity index (χ4n) is 1.06. The lowest BCUT2D eigenvalue weighted by molar-refractivity contribution is -0.166. The van der Waals surface area contributed by atoms with E-state index in [0.717, 1.165) is 31.4 Å². The van der Waals surface area contributed by atoms with E-state index in [9.17, 15) is 18.4 Å². The zero-order chi connectivity index (χ0) is 12.3. The van der Waals surface area contributed by atoms with Crippen molar-refractivity contribution in [1.29, 1.82) is 0 Å². The largest absolute Gasteiger partial charge is 0.477 e. The fraction of sp³-hybridized carbons (Fsp3) is 0.200. The first-order valence-corrected chi connectivity index (χ1v) is 4.19. The second kappa shape index (κ2) is 4.26. The molecule has 0 fully saturated rings. The third-order valence-corrected chi connectivity index (χ3v) is 1.94. The molecule has 0 unspecified atom stereocenters. The molecular weight excluding hydrogens is 222 g/mol. The van der Waals surface area contributed by atoms with Crippen molar-refractivity contribution in [1.82, 2.24) is 0 Å². The summed E-state index contributed by atoms with van der Waals surface area (Å²) in [4.78, 5) is 21.2. The Balaban J connectivity index is 3.04. The molecule has 4 nitrogen and oxygen atoms in total. The highest BCUT2D eigenvalue weighted by molar-refractivity contribution is 5.89. The maximum atomic E-state index is 13.0. The molecule has 0 aliphatic heterocycles. The number of hydrogen-bond donors (Lipinski definition) is 1. The molecule has 0 saturated heterocycles. The van der Waals surface area contributed by atoms with Crippen molar-refractivity contribution in [2.75, 3.05) is 7.11 Å². The SMILES string of the molecule is COC(=O)c1ccc(C(F)(F)C(=O)O)cc1. The van der Waals surface area contributed by atoms with Crippen LogP contribution in [0.1, 0.15) is 15.9 Å². The standard InChI is InChI=1S/C10H8F2O4/c1-16-8(13)6-2-4-7(5-3-6)10(11,12)9(14)15/h2-5H,1H3,(H,14,15). The number of rotatable bonds is 3. The molecule has 0 aliphatic rings. The van der Waals surface area contributed by atoms with Gasteiger partial charge in [-0.15, -0.1) is 0 Å². The predicted molar refractivity (Wildman–Crippen MR) is 49.3 cm³/mol. The van der Waals surface area contributed by atoms with E-state index in [1.54, 1.807) is 0 Å². The van der Waals surface area contributed by atoms with Crippen molar-refractivity contribution >= 4 is 11.9 Å². The van der Waals surface area contributed by atoms with Crippen LogP contribution in [0.2, 0.25) is 0 Å². The highest BCUT2D eigenvalue weighted by Crippen LogP contribution is 2.28. The van der Waals surface area contributed by atoms with E-state index in [1.807, 2.05) is 0 Å². The van der Waals surface area contributed by atoms with Crippen LogP contribution in [0, 0.1) is 0 Å². The van der Waals surface area contributed by atoms with Gasteiger partial charge in [-0.05, 0) is 12.1 Å². The van der Waals surface area contributed by atoms with Crippen LogP contribution in [0.15, 0.2) is 24.3 Å². The summed E-state index contributed by atoms with van der Waals surface area (Å²) in [5.41, 5.74) is -0.611. The van der Waals surface area contributed by atoms with Gasteiger partial charge in [0.05, 0.1) is 12.7 Å². The van der Waals surface area contributed by atoms with Gasteiger partial charge in [0, 0.05) is 5.56 Å². The number of carboxylic acids is 1. The zero-order valence-electron chi connectivity index (χ0n) is 8.24. The summed E-state index contributed by atoms with van der Waals surface area (Å²) in [6, 6.07) is 3.91. The van der Waals surface area contributed by atoms with Gasteiger partial charge in [0.1, 0.15) is 0 Å². The van der Waals surface area contributed by atoms with Gasteiger partial charge in [-0.1, -0.05) is 12.1 Å². The fourth-order valence-corrected chi connectivity index (χ4v) is 1.06. The summed E-state index contributed by atoms with van der Waals surface area (Å²) >= 11 is 0. The van der Waals surface area contributed by atoms with E-state index in [1.165, 1.54) is 0 Å². The third kappa shape index (κ3) is 2.16. The van der Waals surface area contributed by atoms with Crippen LogP contribution >= 0.6 is 0 Å². The molecular formula is C10H8F2O4. The summed E-state index contributed by atoms with van der Waals surface area (Å²) in [6.07, 6.45) is 0. The van der Waals surface area contributed by atoms with E-state index in [-0.39, 0.29) is 5.56 Å². The van der Waals surface area contributed by atoms with Crippen LogP contribution in [0.4, 0.5) is 8.78 Å². The van der Waals surface area contributed by atoms with Crippen molar-refractivity contribution in [3.8, 4) is 0 Å². The average Bonchev–Trinajstić information content (AvgIpc) is 2.28. The second-order valence-electron chi connectivity index (χ2n) is 2.95. The number of benzene rings is 1. The molecule has 0 bridgehead atoms. The molecule has 0 aliphatic carbocycles. The number of halogens is 2. The Kier molecular flexibility index (Phi) is 3.22. The van der Waals surface area contributed by atoms with E-state index in [2.05, 4.69) is 4.74 Å². The minimum absolute atomic E-state index is 0.0763. The first kappa shape index (κ1) is 12.1. The first-order valence-electron chi connectivity index (χ1n) is 4.19. The molecule has 0 amide bonds. The van der Waals surface area contributed by atoms with Crippen molar-refractivity contribution in [3.63, 3.8) is 0 Å². The molecule has 6 heteroatoms. The Bertz CT molecular complexity index is 411. The van der Waals surface area contributed by atoms with Crippen molar-refractivity contribution < 1.29 is 28.2 Å². The van der Waals surface area contributed by atoms with Crippen LogP contribution in [0.25, 0.3) is 0 Å². The molecule has 0 atom stereocenters. The van der Waals surface area contributed by atoms with Gasteiger partial charge in [0.25, 0.3) is 0 Å². The number of methoxy groups -OCH3 is 1. The number of aliphatic carboxylic acids is 1. The van der Waals surface area contributed by atoms with Crippen molar-refractivity contribution in [2.24, 2.45) is 0 Å². The van der Waals surface area contributed by atoms with Crippen molar-refractivity contribution in [2.45, 2.75) is 5.92 Å². The Hall–Kier alpha value is -1.98. The lowest BCUT2D eigenvalue weighted by atomic mass is 10.1. The molecule has 1 N–H and O–H groups in total. The van der Waals surface area contributed by atoms with Gasteiger partial charge < -0.3 is 9.84 Å². The number of ether oxygens (including phenoxy) is 1. The number of carboxylic acid groups (broad SMARTS) is 1. The summed E-state index contributed by atoms with van der Waals surface area (Å²) in [5, 5.41) is 8.28. The van der Waals surface area contributed by atoms with Crippen LogP contribution in [0.3, 0.4) is 0 Å². The summed E-state index contributed by atoms with van der Waals surface area (Å²) in [6.45, 7) is 0. The average molecular weight is 230 g/mol.